The Hall–Kier alpha value is -3.12. The number of aryl methyl sites for hydroxylation is 2. The van der Waals surface area contributed by atoms with Gasteiger partial charge in [0.15, 0.2) is 11.9 Å². The van der Waals surface area contributed by atoms with Crippen molar-refractivity contribution in [3.05, 3.63) is 70.7 Å². The molecule has 0 radical (unpaired) electrons. The fraction of sp³-hybridized carbons (Fsp3) is 0.250. The first-order valence-corrected chi connectivity index (χ1v) is 8.98. The quantitative estimate of drug-likeness (QED) is 0.302. The van der Waals surface area contributed by atoms with Gasteiger partial charge in [-0.05, 0) is 43.0 Å². The van der Waals surface area contributed by atoms with Crippen molar-refractivity contribution in [1.82, 2.24) is 0 Å². The van der Waals surface area contributed by atoms with Crippen LogP contribution in [0.4, 0.5) is 5.69 Å². The molecule has 0 atom stereocenters. The first kappa shape index (κ1) is 15.0. The molecule has 2 aromatic heterocycles. The van der Waals surface area contributed by atoms with Crippen LogP contribution in [-0.2, 0) is 7.05 Å². The van der Waals surface area contributed by atoms with E-state index in [1.54, 1.807) is 19.9 Å². The smallest absolute Gasteiger partial charge is 0.216 e. The van der Waals surface area contributed by atoms with Gasteiger partial charge in [-0.2, -0.15) is 0 Å². The lowest BCUT2D eigenvalue weighted by molar-refractivity contribution is -0.660. The van der Waals surface area contributed by atoms with E-state index in [1.165, 1.54) is 0 Å². The average Bonchev–Trinajstić information content (AvgIpc) is 3.02. The van der Waals surface area contributed by atoms with Crippen LogP contribution in [0.5, 0.6) is 0 Å². The Morgan fingerprint density at radius 3 is 2.63 bits per heavy atom. The average molecular weight is 357 g/mol. The Morgan fingerprint density at radius 1 is 1.15 bits per heavy atom. The van der Waals surface area contributed by atoms with E-state index in [4.69, 9.17) is 13.7 Å². The number of pyridine rings is 1. The third-order valence-electron chi connectivity index (χ3n) is 5.10. The molecule has 2 heterocycles. The van der Waals surface area contributed by atoms with Gasteiger partial charge in [-0.1, -0.05) is 32.0 Å². The molecule has 0 saturated carbocycles. The summed E-state index contributed by atoms with van der Waals surface area (Å²) in [5, 5.41) is 2.03. The van der Waals surface area contributed by atoms with Gasteiger partial charge in [0.2, 0.25) is 5.69 Å². The van der Waals surface area contributed by atoms with Crippen molar-refractivity contribution in [3.8, 4) is 11.3 Å². The summed E-state index contributed by atoms with van der Waals surface area (Å²) < 4.78 is 25.0. The molecule has 0 aliphatic heterocycles. The van der Waals surface area contributed by atoms with Gasteiger partial charge in [0.1, 0.15) is 19.6 Å². The highest BCUT2D eigenvalue weighted by Gasteiger charge is 2.22. The molecule has 134 valence electrons. The SMILES string of the molecule is [2H]c1c(C([2H])(C)C)ccc(-c2c(C)cc(C)c3c2oc2cc([N+]#[C-])ccc23)[n+]1C. The van der Waals surface area contributed by atoms with E-state index < -0.39 is 5.89 Å². The highest BCUT2D eigenvalue weighted by Crippen LogP contribution is 2.40. The van der Waals surface area contributed by atoms with Gasteiger partial charge >= 0.3 is 0 Å². The predicted molar refractivity (Wildman–Crippen MR) is 110 cm³/mol. The van der Waals surface area contributed by atoms with Crippen LogP contribution in [0.1, 0.15) is 39.2 Å². The number of furan rings is 1. The Kier molecular flexibility index (Phi) is 3.47. The van der Waals surface area contributed by atoms with E-state index >= 15 is 0 Å². The van der Waals surface area contributed by atoms with Crippen molar-refractivity contribution in [2.75, 3.05) is 0 Å². The van der Waals surface area contributed by atoms with Crippen LogP contribution in [0.2, 0.25) is 0 Å². The maximum absolute atomic E-state index is 8.60. The molecule has 3 nitrogen and oxygen atoms in total. The second kappa shape index (κ2) is 6.25. The van der Waals surface area contributed by atoms with Crippen LogP contribution in [0.15, 0.2) is 47.0 Å². The number of hydrogen-bond acceptors (Lipinski definition) is 1. The summed E-state index contributed by atoms with van der Waals surface area (Å²) in [7, 11) is 1.86. The summed E-state index contributed by atoms with van der Waals surface area (Å²) in [6, 6.07) is 11.5. The summed E-state index contributed by atoms with van der Waals surface area (Å²) in [5.41, 5.74) is 6.69. The number of rotatable bonds is 2. The molecule has 0 N–H and O–H groups in total. The highest BCUT2D eigenvalue weighted by atomic mass is 16.3. The standard InChI is InChI=1S/C24H23N2O/c1-14(2)17-7-10-20(26(6)13-17)23-16(4)11-15(3)22-19-9-8-18(25-5)12-21(19)27-24(22)23/h7-14H,1-4,6H3/q+1/i13D,14D. The minimum absolute atomic E-state index is 0.321. The van der Waals surface area contributed by atoms with E-state index in [0.29, 0.717) is 23.0 Å². The first-order chi connectivity index (χ1) is 13.6. The third-order valence-corrected chi connectivity index (χ3v) is 5.10. The molecule has 0 aliphatic carbocycles. The molecule has 0 unspecified atom stereocenters. The summed E-state index contributed by atoms with van der Waals surface area (Å²) in [5.74, 6) is -0.847. The molecule has 4 rings (SSSR count). The van der Waals surface area contributed by atoms with Crippen molar-refractivity contribution in [3.63, 3.8) is 0 Å². The Labute approximate surface area is 162 Å². The maximum atomic E-state index is 8.60. The summed E-state index contributed by atoms with van der Waals surface area (Å²) in [4.78, 5) is 3.51. The third kappa shape index (κ3) is 2.69. The molecule has 2 aromatic carbocycles. The number of fused-ring (bicyclic) bond motifs is 3. The van der Waals surface area contributed by atoms with E-state index in [1.807, 2.05) is 42.8 Å². The minimum Gasteiger partial charge on any atom is -0.456 e. The van der Waals surface area contributed by atoms with Crippen LogP contribution in [0.25, 0.3) is 38.0 Å². The maximum Gasteiger partial charge on any atom is 0.216 e. The lowest BCUT2D eigenvalue weighted by atomic mass is 9.96. The first-order valence-electron chi connectivity index (χ1n) is 9.98. The Balaban J connectivity index is 2.10. The zero-order chi connectivity index (χ0) is 21.1. The summed E-state index contributed by atoms with van der Waals surface area (Å²) in [6.07, 6.45) is 0.321. The Bertz CT molecular complexity index is 1340. The lowest BCUT2D eigenvalue weighted by Crippen LogP contribution is -2.31. The summed E-state index contributed by atoms with van der Waals surface area (Å²) in [6.45, 7) is 15.0. The van der Waals surface area contributed by atoms with E-state index in [9.17, 15) is 0 Å². The van der Waals surface area contributed by atoms with Gasteiger partial charge < -0.3 is 4.42 Å². The molecule has 4 aromatic rings. The van der Waals surface area contributed by atoms with Gasteiger partial charge in [0, 0.05) is 23.8 Å². The van der Waals surface area contributed by atoms with E-state index in [0.717, 1.165) is 38.7 Å². The van der Waals surface area contributed by atoms with Crippen molar-refractivity contribution in [2.45, 2.75) is 33.6 Å². The monoisotopic (exact) mass is 357 g/mol. The van der Waals surface area contributed by atoms with Crippen LogP contribution >= 0.6 is 0 Å². The van der Waals surface area contributed by atoms with Crippen molar-refractivity contribution < 1.29 is 11.7 Å². The number of hydrogen-bond donors (Lipinski definition) is 0. The molecular formula is C24H23N2O+. The fourth-order valence-corrected chi connectivity index (χ4v) is 3.77. The predicted octanol–water partition coefficient (Wildman–Crippen LogP) is 6.37. The minimum atomic E-state index is -0.847. The number of benzene rings is 2. The molecule has 0 bridgehead atoms. The number of aromatic nitrogens is 1. The van der Waals surface area contributed by atoms with Crippen molar-refractivity contribution in [1.29, 1.82) is 0 Å². The normalized spacial score (nSPS) is 12.9. The zero-order valence-electron chi connectivity index (χ0n) is 18.3. The molecule has 0 saturated heterocycles. The topological polar surface area (TPSA) is 21.4 Å². The molecule has 27 heavy (non-hydrogen) atoms. The second-order valence-electron chi connectivity index (χ2n) is 7.29. The van der Waals surface area contributed by atoms with E-state index in [-0.39, 0.29) is 0 Å². The van der Waals surface area contributed by atoms with E-state index in [2.05, 4.69) is 17.8 Å². The number of nitrogens with zero attached hydrogens (tertiary/aromatic N) is 2. The largest absolute Gasteiger partial charge is 0.456 e. The highest BCUT2D eigenvalue weighted by molar-refractivity contribution is 6.12. The summed E-state index contributed by atoms with van der Waals surface area (Å²) >= 11 is 0. The second-order valence-corrected chi connectivity index (χ2v) is 7.29. The molecule has 0 aliphatic rings. The van der Waals surface area contributed by atoms with Crippen molar-refractivity contribution in [2.24, 2.45) is 7.05 Å². The fourth-order valence-electron chi connectivity index (χ4n) is 3.77. The van der Waals surface area contributed by atoms with Crippen LogP contribution in [0, 0.1) is 20.4 Å². The van der Waals surface area contributed by atoms with Crippen molar-refractivity contribution >= 4 is 27.6 Å². The van der Waals surface area contributed by atoms with Gasteiger partial charge in [-0.15, -0.1) is 0 Å². The van der Waals surface area contributed by atoms with Crippen LogP contribution < -0.4 is 4.57 Å². The van der Waals surface area contributed by atoms with Gasteiger partial charge in [0.25, 0.3) is 0 Å². The molecule has 3 heteroatoms. The van der Waals surface area contributed by atoms with Gasteiger partial charge in [0.05, 0.1) is 12.1 Å². The van der Waals surface area contributed by atoms with Gasteiger partial charge in [-0.25, -0.2) is 9.41 Å². The Morgan fingerprint density at radius 2 is 1.93 bits per heavy atom. The zero-order valence-corrected chi connectivity index (χ0v) is 16.3. The molecule has 0 amide bonds. The lowest BCUT2D eigenvalue weighted by Gasteiger charge is -2.10. The molecular weight excluding hydrogens is 332 g/mol. The van der Waals surface area contributed by atoms with Crippen LogP contribution in [-0.4, -0.2) is 0 Å². The molecule has 0 spiro atoms. The van der Waals surface area contributed by atoms with Gasteiger partial charge in [-0.3, -0.25) is 0 Å². The van der Waals surface area contributed by atoms with Crippen LogP contribution in [0.3, 0.4) is 0 Å². The molecule has 0 fully saturated rings.